The van der Waals surface area contributed by atoms with Gasteiger partial charge in [0.05, 0.1) is 24.0 Å². The quantitative estimate of drug-likeness (QED) is 0.747. The fourth-order valence-corrected chi connectivity index (χ4v) is 4.22. The zero-order valence-electron chi connectivity index (χ0n) is 14.9. The summed E-state index contributed by atoms with van der Waals surface area (Å²) in [5.41, 5.74) is 1.17. The van der Waals surface area contributed by atoms with Crippen LogP contribution in [0.2, 0.25) is 0 Å². The fourth-order valence-electron chi connectivity index (χ4n) is 3.17. The van der Waals surface area contributed by atoms with Crippen molar-refractivity contribution in [3.8, 4) is 0 Å². The molecule has 0 bridgehead atoms. The van der Waals surface area contributed by atoms with Gasteiger partial charge in [-0.15, -0.1) is 11.3 Å². The van der Waals surface area contributed by atoms with Crippen LogP contribution in [0.25, 0.3) is 0 Å². The van der Waals surface area contributed by atoms with Gasteiger partial charge in [0.15, 0.2) is 0 Å². The Kier molecular flexibility index (Phi) is 6.58. The SMILES string of the molecule is CCCOC(=O)c1c(NC(=O)[C@@H]2CCCC[C@@H]2C(=O)O)sc(C)c1C. The molecule has 0 aliphatic heterocycles. The van der Waals surface area contributed by atoms with Crippen molar-refractivity contribution < 1.29 is 24.2 Å². The molecule has 6 nitrogen and oxygen atoms in total. The van der Waals surface area contributed by atoms with E-state index in [9.17, 15) is 19.5 Å². The number of thiophene rings is 1. The first kappa shape index (κ1) is 19.4. The van der Waals surface area contributed by atoms with Crippen molar-refractivity contribution in [2.75, 3.05) is 11.9 Å². The molecule has 0 saturated heterocycles. The molecule has 1 aromatic heterocycles. The number of ether oxygens (including phenoxy) is 1. The second kappa shape index (κ2) is 8.47. The minimum Gasteiger partial charge on any atom is -0.481 e. The van der Waals surface area contributed by atoms with Crippen molar-refractivity contribution in [2.45, 2.75) is 52.9 Å². The summed E-state index contributed by atoms with van der Waals surface area (Å²) >= 11 is 1.32. The third kappa shape index (κ3) is 4.39. The van der Waals surface area contributed by atoms with Crippen LogP contribution in [0.5, 0.6) is 0 Å². The Bertz CT molecular complexity index is 667. The molecule has 2 N–H and O–H groups in total. The molecule has 0 spiro atoms. The van der Waals surface area contributed by atoms with E-state index in [0.29, 0.717) is 30.0 Å². The van der Waals surface area contributed by atoms with Crippen molar-refractivity contribution >= 4 is 34.2 Å². The number of amides is 1. The van der Waals surface area contributed by atoms with E-state index >= 15 is 0 Å². The van der Waals surface area contributed by atoms with Crippen LogP contribution in [-0.2, 0) is 14.3 Å². The molecule has 1 aliphatic rings. The number of rotatable bonds is 6. The molecule has 1 aromatic rings. The molecule has 1 saturated carbocycles. The van der Waals surface area contributed by atoms with Gasteiger partial charge in [0, 0.05) is 4.88 Å². The Hall–Kier alpha value is -1.89. The van der Waals surface area contributed by atoms with E-state index in [-0.39, 0.29) is 5.91 Å². The third-order valence-electron chi connectivity index (χ3n) is 4.68. The summed E-state index contributed by atoms with van der Waals surface area (Å²) < 4.78 is 5.22. The molecular weight excluding hydrogens is 342 g/mol. The van der Waals surface area contributed by atoms with Crippen molar-refractivity contribution in [3.05, 3.63) is 16.0 Å². The van der Waals surface area contributed by atoms with E-state index in [1.807, 2.05) is 20.8 Å². The predicted molar refractivity (Wildman–Crippen MR) is 96.1 cm³/mol. The van der Waals surface area contributed by atoms with Gasteiger partial charge in [-0.05, 0) is 38.7 Å². The lowest BCUT2D eigenvalue weighted by Gasteiger charge is -2.27. The Morgan fingerprint density at radius 3 is 2.44 bits per heavy atom. The summed E-state index contributed by atoms with van der Waals surface area (Å²) in [4.78, 5) is 37.3. The van der Waals surface area contributed by atoms with Gasteiger partial charge in [-0.2, -0.15) is 0 Å². The number of carbonyl (C=O) groups excluding carboxylic acids is 2. The van der Waals surface area contributed by atoms with Crippen LogP contribution in [0.3, 0.4) is 0 Å². The minimum absolute atomic E-state index is 0.321. The second-order valence-corrected chi connectivity index (χ2v) is 7.67. The lowest BCUT2D eigenvalue weighted by Crippen LogP contribution is -2.36. The van der Waals surface area contributed by atoms with E-state index in [1.54, 1.807) is 0 Å². The lowest BCUT2D eigenvalue weighted by atomic mass is 9.79. The number of hydrogen-bond donors (Lipinski definition) is 2. The maximum absolute atomic E-state index is 12.7. The first-order valence-corrected chi connectivity index (χ1v) is 9.49. The van der Waals surface area contributed by atoms with E-state index in [4.69, 9.17) is 4.74 Å². The molecule has 1 heterocycles. The Labute approximate surface area is 151 Å². The number of aliphatic carboxylic acids is 1. The van der Waals surface area contributed by atoms with Crippen LogP contribution < -0.4 is 5.32 Å². The molecule has 1 aliphatic carbocycles. The number of aryl methyl sites for hydroxylation is 1. The smallest absolute Gasteiger partial charge is 0.341 e. The summed E-state index contributed by atoms with van der Waals surface area (Å²) in [6.07, 6.45) is 3.46. The van der Waals surface area contributed by atoms with Crippen molar-refractivity contribution in [3.63, 3.8) is 0 Å². The first-order chi connectivity index (χ1) is 11.9. The standard InChI is InChI=1S/C18H25NO5S/c1-4-9-24-18(23)14-10(2)11(3)25-16(14)19-15(20)12-7-5-6-8-13(12)17(21)22/h12-13H,4-9H2,1-3H3,(H,19,20)(H,21,22)/t12-,13+/m1/s1. The number of carboxylic acid groups (broad SMARTS) is 1. The molecule has 2 rings (SSSR count). The molecule has 0 radical (unpaired) electrons. The number of anilines is 1. The molecule has 0 aromatic carbocycles. The maximum Gasteiger partial charge on any atom is 0.341 e. The Morgan fingerprint density at radius 2 is 1.84 bits per heavy atom. The molecule has 138 valence electrons. The van der Waals surface area contributed by atoms with Gasteiger partial charge in [-0.3, -0.25) is 9.59 Å². The maximum atomic E-state index is 12.7. The van der Waals surface area contributed by atoms with Gasteiger partial charge in [-0.1, -0.05) is 19.8 Å². The number of nitrogens with one attached hydrogen (secondary N) is 1. The molecule has 7 heteroatoms. The minimum atomic E-state index is -0.930. The van der Waals surface area contributed by atoms with Crippen LogP contribution in [0.1, 0.15) is 59.8 Å². The molecule has 1 amide bonds. The summed E-state index contributed by atoms with van der Waals surface area (Å²) in [5, 5.41) is 12.6. The number of hydrogen-bond acceptors (Lipinski definition) is 5. The zero-order valence-corrected chi connectivity index (χ0v) is 15.7. The van der Waals surface area contributed by atoms with Gasteiger partial charge in [-0.25, -0.2) is 4.79 Å². The van der Waals surface area contributed by atoms with E-state index in [2.05, 4.69) is 5.32 Å². The van der Waals surface area contributed by atoms with Crippen LogP contribution in [-0.4, -0.2) is 29.6 Å². The normalized spacial score (nSPS) is 20.1. The average Bonchev–Trinajstić information content (AvgIpc) is 2.86. The summed E-state index contributed by atoms with van der Waals surface area (Å²) in [6.45, 7) is 5.94. The highest BCUT2D eigenvalue weighted by molar-refractivity contribution is 7.16. The molecule has 1 fully saturated rings. The number of carbonyl (C=O) groups is 3. The summed E-state index contributed by atoms with van der Waals surface area (Å²) in [7, 11) is 0. The van der Waals surface area contributed by atoms with Gasteiger partial charge in [0.2, 0.25) is 5.91 Å². The van der Waals surface area contributed by atoms with Crippen LogP contribution in [0, 0.1) is 25.7 Å². The van der Waals surface area contributed by atoms with E-state index < -0.39 is 23.8 Å². The Balaban J connectivity index is 2.21. The zero-order chi connectivity index (χ0) is 18.6. The first-order valence-electron chi connectivity index (χ1n) is 8.67. The largest absolute Gasteiger partial charge is 0.481 e. The summed E-state index contributed by atoms with van der Waals surface area (Å²) in [6, 6.07) is 0. The van der Waals surface area contributed by atoms with E-state index in [0.717, 1.165) is 29.7 Å². The molecule has 2 atom stereocenters. The molecule has 25 heavy (non-hydrogen) atoms. The van der Waals surface area contributed by atoms with Gasteiger partial charge >= 0.3 is 11.9 Å². The van der Waals surface area contributed by atoms with Crippen molar-refractivity contribution in [1.82, 2.24) is 0 Å². The van der Waals surface area contributed by atoms with Gasteiger partial charge < -0.3 is 15.2 Å². The second-order valence-electron chi connectivity index (χ2n) is 6.45. The highest BCUT2D eigenvalue weighted by Gasteiger charge is 2.36. The number of esters is 1. The van der Waals surface area contributed by atoms with Crippen LogP contribution >= 0.6 is 11.3 Å². The summed E-state index contributed by atoms with van der Waals surface area (Å²) in [5.74, 6) is -2.92. The van der Waals surface area contributed by atoms with Crippen molar-refractivity contribution in [2.24, 2.45) is 11.8 Å². The lowest BCUT2D eigenvalue weighted by molar-refractivity contribution is -0.147. The van der Waals surface area contributed by atoms with Crippen LogP contribution in [0.15, 0.2) is 0 Å². The third-order valence-corrected chi connectivity index (χ3v) is 5.81. The van der Waals surface area contributed by atoms with E-state index in [1.165, 1.54) is 11.3 Å². The van der Waals surface area contributed by atoms with Gasteiger partial charge in [0.1, 0.15) is 5.00 Å². The number of carboxylic acids is 1. The van der Waals surface area contributed by atoms with Gasteiger partial charge in [0.25, 0.3) is 0 Å². The average molecular weight is 367 g/mol. The Morgan fingerprint density at radius 1 is 1.20 bits per heavy atom. The highest BCUT2D eigenvalue weighted by atomic mass is 32.1. The molecule has 0 unspecified atom stereocenters. The predicted octanol–water partition coefficient (Wildman–Crippen LogP) is 3.76. The fraction of sp³-hybridized carbons (Fsp3) is 0.611. The topological polar surface area (TPSA) is 92.7 Å². The molecular formula is C18H25NO5S. The monoisotopic (exact) mass is 367 g/mol. The van der Waals surface area contributed by atoms with Crippen molar-refractivity contribution in [1.29, 1.82) is 0 Å². The van der Waals surface area contributed by atoms with Crippen LogP contribution in [0.4, 0.5) is 5.00 Å². The highest BCUT2D eigenvalue weighted by Crippen LogP contribution is 2.36.